The van der Waals surface area contributed by atoms with Crippen molar-refractivity contribution >= 4 is 6.09 Å². The summed E-state index contributed by atoms with van der Waals surface area (Å²) in [7, 11) is 0. The van der Waals surface area contributed by atoms with E-state index in [0.29, 0.717) is 0 Å². The predicted molar refractivity (Wildman–Crippen MR) is 164 cm³/mol. The number of rotatable bonds is 9. The molecule has 0 N–H and O–H groups in total. The minimum absolute atomic E-state index is 0.203. The molecule has 0 unspecified atom stereocenters. The van der Waals surface area contributed by atoms with Crippen LogP contribution in [0.3, 0.4) is 0 Å². The molecule has 0 saturated carbocycles. The van der Waals surface area contributed by atoms with Crippen molar-refractivity contribution in [3.05, 3.63) is 126 Å². The summed E-state index contributed by atoms with van der Waals surface area (Å²) in [5.41, 5.74) is 3.73. The summed E-state index contributed by atoms with van der Waals surface area (Å²) in [5, 5.41) is 0. The molecule has 0 bridgehead atoms. The van der Waals surface area contributed by atoms with E-state index >= 15 is 0 Å². The highest BCUT2D eigenvalue weighted by atomic mass is 16.6. The van der Waals surface area contributed by atoms with Crippen LogP contribution in [0.5, 0.6) is 0 Å². The molecular formula is C35H42N4O2. The third kappa shape index (κ3) is 6.71. The summed E-state index contributed by atoms with van der Waals surface area (Å²) in [5.74, 6) is 0. The molecule has 0 spiro atoms. The van der Waals surface area contributed by atoms with Gasteiger partial charge in [-0.25, -0.2) is 9.78 Å². The second-order valence-corrected chi connectivity index (χ2v) is 11.8. The number of hydrogen-bond acceptors (Lipinski definition) is 4. The lowest BCUT2D eigenvalue weighted by atomic mass is 9.77. The Hall–Kier alpha value is -3.90. The number of imidazole rings is 1. The molecule has 41 heavy (non-hydrogen) atoms. The Labute approximate surface area is 244 Å². The summed E-state index contributed by atoms with van der Waals surface area (Å²) < 4.78 is 7.82. The van der Waals surface area contributed by atoms with Crippen molar-refractivity contribution in [1.29, 1.82) is 0 Å². The van der Waals surface area contributed by atoms with E-state index in [1.54, 1.807) is 0 Å². The summed E-state index contributed by atoms with van der Waals surface area (Å²) in [6.07, 6.45) is 7.12. The van der Waals surface area contributed by atoms with E-state index in [9.17, 15) is 4.79 Å². The van der Waals surface area contributed by atoms with Crippen molar-refractivity contribution in [3.63, 3.8) is 0 Å². The number of carbonyl (C=O) groups is 1. The molecule has 4 aromatic rings. The largest absolute Gasteiger partial charge is 0.444 e. The summed E-state index contributed by atoms with van der Waals surface area (Å²) in [4.78, 5) is 21.5. The van der Waals surface area contributed by atoms with Gasteiger partial charge in [-0.1, -0.05) is 91.0 Å². The average molecular weight is 551 g/mol. The highest BCUT2D eigenvalue weighted by molar-refractivity contribution is 5.68. The molecule has 0 radical (unpaired) electrons. The molecule has 0 aliphatic carbocycles. The van der Waals surface area contributed by atoms with E-state index in [-0.39, 0.29) is 6.09 Å². The Morgan fingerprint density at radius 2 is 1.27 bits per heavy atom. The van der Waals surface area contributed by atoms with Crippen LogP contribution < -0.4 is 0 Å². The van der Waals surface area contributed by atoms with E-state index in [2.05, 4.69) is 107 Å². The number of aromatic nitrogens is 2. The molecule has 5 rings (SSSR count). The molecular weight excluding hydrogens is 508 g/mol. The lowest BCUT2D eigenvalue weighted by Crippen LogP contribution is -2.50. The summed E-state index contributed by atoms with van der Waals surface area (Å²) >= 11 is 0. The first kappa shape index (κ1) is 28.6. The number of nitrogens with zero attached hydrogens (tertiary/aromatic N) is 4. The molecule has 1 aliphatic heterocycles. The normalized spacial score (nSPS) is 14.7. The third-order valence-electron chi connectivity index (χ3n) is 7.78. The second kappa shape index (κ2) is 12.7. The van der Waals surface area contributed by atoms with Crippen molar-refractivity contribution in [3.8, 4) is 0 Å². The number of hydrogen-bond donors (Lipinski definition) is 0. The topological polar surface area (TPSA) is 50.6 Å². The van der Waals surface area contributed by atoms with Crippen molar-refractivity contribution in [1.82, 2.24) is 19.4 Å². The molecule has 1 amide bonds. The molecule has 3 aromatic carbocycles. The average Bonchev–Trinajstić information content (AvgIpc) is 3.46. The van der Waals surface area contributed by atoms with Gasteiger partial charge in [0.25, 0.3) is 0 Å². The molecule has 6 heteroatoms. The molecule has 214 valence electrons. The predicted octanol–water partition coefficient (Wildman–Crippen LogP) is 6.60. The fraction of sp³-hybridized carbons (Fsp3) is 0.371. The summed E-state index contributed by atoms with van der Waals surface area (Å²) in [6.45, 7) is 9.99. The van der Waals surface area contributed by atoms with Gasteiger partial charge in [-0.3, -0.25) is 4.90 Å². The van der Waals surface area contributed by atoms with Crippen LogP contribution in [-0.4, -0.2) is 63.8 Å². The van der Waals surface area contributed by atoms with Crippen LogP contribution in [0.25, 0.3) is 0 Å². The SMILES string of the molecule is CC(C)(C)OC(=O)N1CCN(CCCCc2cn(C(c3ccccc3)(c3ccccc3)c3ccccc3)cn2)CC1. The number of piperazine rings is 1. The quantitative estimate of drug-likeness (QED) is 0.174. The second-order valence-electron chi connectivity index (χ2n) is 11.8. The zero-order chi connectivity index (χ0) is 28.7. The zero-order valence-electron chi connectivity index (χ0n) is 24.6. The lowest BCUT2D eigenvalue weighted by Gasteiger charge is -2.37. The van der Waals surface area contributed by atoms with Crippen LogP contribution in [0.2, 0.25) is 0 Å². The van der Waals surface area contributed by atoms with E-state index in [0.717, 1.165) is 57.7 Å². The maximum Gasteiger partial charge on any atom is 0.410 e. The Kier molecular flexibility index (Phi) is 8.89. The number of unbranched alkanes of at least 4 members (excludes halogenated alkanes) is 1. The van der Waals surface area contributed by atoms with Crippen molar-refractivity contribution in [2.24, 2.45) is 0 Å². The standard InChI is InChI=1S/C35H42N4O2/c1-34(2,3)41-33(40)38-25-23-37(24-26-38)22-14-13-21-32-27-39(28-36-32)35(29-15-7-4-8-16-29,30-17-9-5-10-18-30)31-19-11-6-12-20-31/h4-12,15-20,27-28H,13-14,21-26H2,1-3H3. The Morgan fingerprint density at radius 1 is 0.756 bits per heavy atom. The lowest BCUT2D eigenvalue weighted by molar-refractivity contribution is 0.0144. The van der Waals surface area contributed by atoms with Gasteiger partial charge in [0.2, 0.25) is 0 Å². The smallest absolute Gasteiger partial charge is 0.410 e. The number of ether oxygens (including phenoxy) is 1. The van der Waals surface area contributed by atoms with Crippen LogP contribution in [-0.2, 0) is 16.7 Å². The van der Waals surface area contributed by atoms with Crippen LogP contribution in [0.1, 0.15) is 56.0 Å². The van der Waals surface area contributed by atoms with Crippen molar-refractivity contribution in [2.75, 3.05) is 32.7 Å². The van der Waals surface area contributed by atoms with Gasteiger partial charge in [0, 0.05) is 32.4 Å². The van der Waals surface area contributed by atoms with Gasteiger partial charge in [0.05, 0.1) is 12.0 Å². The maximum absolute atomic E-state index is 12.4. The van der Waals surface area contributed by atoms with Gasteiger partial charge in [0.1, 0.15) is 11.1 Å². The van der Waals surface area contributed by atoms with Gasteiger partial charge in [-0.05, 0) is 63.3 Å². The van der Waals surface area contributed by atoms with Gasteiger partial charge in [0.15, 0.2) is 0 Å². The van der Waals surface area contributed by atoms with E-state index in [1.807, 2.05) is 32.0 Å². The fourth-order valence-electron chi connectivity index (χ4n) is 5.78. The van der Waals surface area contributed by atoms with E-state index < -0.39 is 11.1 Å². The van der Waals surface area contributed by atoms with Crippen LogP contribution in [0, 0.1) is 0 Å². The molecule has 6 nitrogen and oxygen atoms in total. The monoisotopic (exact) mass is 550 g/mol. The Bertz CT molecular complexity index is 1280. The molecule has 1 aromatic heterocycles. The maximum atomic E-state index is 12.4. The fourth-order valence-corrected chi connectivity index (χ4v) is 5.78. The molecule has 1 fully saturated rings. The minimum Gasteiger partial charge on any atom is -0.444 e. The molecule has 1 aliphatic rings. The van der Waals surface area contributed by atoms with Crippen LogP contribution in [0.15, 0.2) is 104 Å². The van der Waals surface area contributed by atoms with Gasteiger partial charge >= 0.3 is 6.09 Å². The highest BCUT2D eigenvalue weighted by Crippen LogP contribution is 2.40. The first-order chi connectivity index (χ1) is 19.9. The number of benzene rings is 3. The minimum atomic E-state index is -0.525. The van der Waals surface area contributed by atoms with Crippen LogP contribution >= 0.6 is 0 Å². The van der Waals surface area contributed by atoms with Crippen molar-refractivity contribution < 1.29 is 9.53 Å². The Balaban J connectivity index is 1.26. The van der Waals surface area contributed by atoms with Crippen molar-refractivity contribution in [2.45, 2.75) is 51.2 Å². The highest BCUT2D eigenvalue weighted by Gasteiger charge is 2.38. The van der Waals surface area contributed by atoms with Gasteiger partial charge in [-0.15, -0.1) is 0 Å². The van der Waals surface area contributed by atoms with Crippen LogP contribution in [0.4, 0.5) is 4.79 Å². The number of aryl methyl sites for hydroxylation is 1. The van der Waals surface area contributed by atoms with E-state index in [4.69, 9.17) is 9.72 Å². The molecule has 0 atom stereocenters. The first-order valence-corrected chi connectivity index (χ1v) is 14.8. The number of carbonyl (C=O) groups excluding carboxylic acids is 1. The molecule has 1 saturated heterocycles. The third-order valence-corrected chi connectivity index (χ3v) is 7.78. The van der Waals surface area contributed by atoms with Gasteiger partial charge < -0.3 is 14.2 Å². The number of amides is 1. The first-order valence-electron chi connectivity index (χ1n) is 14.8. The van der Waals surface area contributed by atoms with Gasteiger partial charge in [-0.2, -0.15) is 0 Å². The summed E-state index contributed by atoms with van der Waals surface area (Å²) in [6, 6.07) is 32.1. The Morgan fingerprint density at radius 3 is 1.76 bits per heavy atom. The van der Waals surface area contributed by atoms with E-state index in [1.165, 1.54) is 16.7 Å². The zero-order valence-corrected chi connectivity index (χ0v) is 24.6. The molecule has 2 heterocycles.